The van der Waals surface area contributed by atoms with Crippen molar-refractivity contribution in [2.24, 2.45) is 0 Å². The highest BCUT2D eigenvalue weighted by Crippen LogP contribution is 2.38. The number of hydrogen-bond donors (Lipinski definition) is 1. The van der Waals surface area contributed by atoms with Crippen LogP contribution in [0.1, 0.15) is 22.4 Å². The van der Waals surface area contributed by atoms with Crippen molar-refractivity contribution in [1.29, 1.82) is 5.26 Å². The van der Waals surface area contributed by atoms with Crippen LogP contribution in [0.5, 0.6) is 0 Å². The van der Waals surface area contributed by atoms with Crippen molar-refractivity contribution in [2.75, 3.05) is 38.0 Å². The van der Waals surface area contributed by atoms with Crippen molar-refractivity contribution in [2.45, 2.75) is 24.2 Å². The number of anilines is 1. The monoisotopic (exact) mass is 480 g/mol. The van der Waals surface area contributed by atoms with E-state index < -0.39 is 10.0 Å². The molecule has 1 fully saturated rings. The fourth-order valence-corrected chi connectivity index (χ4v) is 7.30. The van der Waals surface area contributed by atoms with E-state index in [0.717, 1.165) is 35.6 Å². The molecule has 0 atom stereocenters. The molecule has 1 aromatic heterocycles. The van der Waals surface area contributed by atoms with Crippen molar-refractivity contribution >= 4 is 43.0 Å². The number of nitrogens with one attached hydrogen (secondary N) is 1. The Labute approximate surface area is 197 Å². The second kappa shape index (κ2) is 8.88. The average Bonchev–Trinajstić information content (AvgIpc) is 3.39. The standard InChI is InChI=1S/C24H24N4O3S2/c25-15-21-20-6-3-7-22(20)32-24(21)26-23(29)16-27-10-12-28(13-11-27)33(30,31)19-9-8-17-4-1-2-5-18(17)14-19/h1-2,4-5,8-9,14H,3,6-7,10-13,16H2,(H,26,29). The van der Waals surface area contributed by atoms with Crippen molar-refractivity contribution < 1.29 is 13.2 Å². The topological polar surface area (TPSA) is 93.5 Å². The molecular weight excluding hydrogens is 456 g/mol. The molecule has 0 unspecified atom stereocenters. The van der Waals surface area contributed by atoms with Gasteiger partial charge in [-0.2, -0.15) is 9.57 Å². The Bertz CT molecular complexity index is 1370. The molecule has 33 heavy (non-hydrogen) atoms. The van der Waals surface area contributed by atoms with E-state index in [1.807, 2.05) is 35.2 Å². The molecule has 2 aromatic carbocycles. The number of benzene rings is 2. The average molecular weight is 481 g/mol. The van der Waals surface area contributed by atoms with E-state index in [9.17, 15) is 18.5 Å². The summed E-state index contributed by atoms with van der Waals surface area (Å²) in [6.07, 6.45) is 2.94. The highest BCUT2D eigenvalue weighted by molar-refractivity contribution is 7.89. The van der Waals surface area contributed by atoms with Crippen LogP contribution < -0.4 is 5.32 Å². The van der Waals surface area contributed by atoms with Gasteiger partial charge in [0.15, 0.2) is 0 Å². The summed E-state index contributed by atoms with van der Waals surface area (Å²) < 4.78 is 27.8. The largest absolute Gasteiger partial charge is 0.315 e. The van der Waals surface area contributed by atoms with Crippen LogP contribution in [0.15, 0.2) is 47.4 Å². The fourth-order valence-electron chi connectivity index (χ4n) is 4.58. The van der Waals surface area contributed by atoms with Crippen LogP contribution in [0.4, 0.5) is 5.00 Å². The SMILES string of the molecule is N#Cc1c(NC(=O)CN2CCN(S(=O)(=O)c3ccc4ccccc4c3)CC2)sc2c1CCC2. The number of thiophene rings is 1. The summed E-state index contributed by atoms with van der Waals surface area (Å²) in [6.45, 7) is 1.80. The molecule has 170 valence electrons. The number of rotatable bonds is 5. The maximum Gasteiger partial charge on any atom is 0.243 e. The molecule has 0 radical (unpaired) electrons. The highest BCUT2D eigenvalue weighted by atomic mass is 32.2. The maximum atomic E-state index is 13.1. The van der Waals surface area contributed by atoms with Crippen LogP contribution >= 0.6 is 11.3 Å². The Balaban J connectivity index is 1.20. The third kappa shape index (κ3) is 4.27. The van der Waals surface area contributed by atoms with Gasteiger partial charge in [-0.1, -0.05) is 30.3 Å². The number of nitrogens with zero attached hydrogens (tertiary/aromatic N) is 3. The van der Waals surface area contributed by atoms with E-state index >= 15 is 0 Å². The molecule has 1 N–H and O–H groups in total. The Morgan fingerprint density at radius 1 is 1.06 bits per heavy atom. The lowest BCUT2D eigenvalue weighted by Crippen LogP contribution is -2.50. The number of fused-ring (bicyclic) bond motifs is 2. The highest BCUT2D eigenvalue weighted by Gasteiger charge is 2.30. The molecule has 0 saturated carbocycles. The van der Waals surface area contributed by atoms with Gasteiger partial charge in [-0.05, 0) is 47.7 Å². The van der Waals surface area contributed by atoms with Crippen molar-refractivity contribution in [3.05, 3.63) is 58.5 Å². The van der Waals surface area contributed by atoms with Gasteiger partial charge in [-0.3, -0.25) is 9.69 Å². The molecule has 3 aromatic rings. The first-order valence-electron chi connectivity index (χ1n) is 11.0. The minimum absolute atomic E-state index is 0.169. The summed E-state index contributed by atoms with van der Waals surface area (Å²) in [5, 5.41) is 14.9. The van der Waals surface area contributed by atoms with Crippen LogP contribution in [0.25, 0.3) is 10.8 Å². The molecule has 7 nitrogen and oxygen atoms in total. The predicted molar refractivity (Wildman–Crippen MR) is 129 cm³/mol. The van der Waals surface area contributed by atoms with Crippen LogP contribution in [-0.2, 0) is 27.7 Å². The van der Waals surface area contributed by atoms with Crippen LogP contribution in [0.3, 0.4) is 0 Å². The Hall–Kier alpha value is -2.77. The van der Waals surface area contributed by atoms with E-state index in [2.05, 4.69) is 11.4 Å². The quantitative estimate of drug-likeness (QED) is 0.605. The van der Waals surface area contributed by atoms with Crippen LogP contribution in [0, 0.1) is 11.3 Å². The number of hydrogen-bond acceptors (Lipinski definition) is 6. The second-order valence-electron chi connectivity index (χ2n) is 8.41. The van der Waals surface area contributed by atoms with Gasteiger partial charge in [0, 0.05) is 31.1 Å². The van der Waals surface area contributed by atoms with E-state index in [1.165, 1.54) is 20.5 Å². The van der Waals surface area contributed by atoms with Crippen molar-refractivity contribution in [1.82, 2.24) is 9.21 Å². The molecule has 9 heteroatoms. The van der Waals surface area contributed by atoms with E-state index in [-0.39, 0.29) is 12.5 Å². The molecule has 5 rings (SSSR count). The molecule has 0 bridgehead atoms. The lowest BCUT2D eigenvalue weighted by atomic mass is 10.1. The number of aryl methyl sites for hydroxylation is 1. The second-order valence-corrected chi connectivity index (χ2v) is 11.5. The normalized spacial score (nSPS) is 17.1. The molecule has 1 aliphatic heterocycles. The summed E-state index contributed by atoms with van der Waals surface area (Å²) in [6, 6.07) is 15.1. The third-order valence-electron chi connectivity index (χ3n) is 6.34. The molecule has 2 aliphatic rings. The lowest BCUT2D eigenvalue weighted by molar-refractivity contribution is -0.117. The zero-order valence-electron chi connectivity index (χ0n) is 18.1. The van der Waals surface area contributed by atoms with Gasteiger partial charge in [0.2, 0.25) is 15.9 Å². The molecule has 0 spiro atoms. The molecule has 1 aliphatic carbocycles. The van der Waals surface area contributed by atoms with Gasteiger partial charge in [-0.15, -0.1) is 11.3 Å². The van der Waals surface area contributed by atoms with Gasteiger partial charge in [-0.25, -0.2) is 8.42 Å². The van der Waals surface area contributed by atoms with Crippen molar-refractivity contribution in [3.63, 3.8) is 0 Å². The third-order valence-corrected chi connectivity index (χ3v) is 9.45. The number of amides is 1. The van der Waals surface area contributed by atoms with E-state index in [1.54, 1.807) is 12.1 Å². The number of carbonyl (C=O) groups excluding carboxylic acids is 1. The number of carbonyl (C=O) groups is 1. The van der Waals surface area contributed by atoms with Gasteiger partial charge in [0.1, 0.15) is 11.1 Å². The summed E-state index contributed by atoms with van der Waals surface area (Å²) >= 11 is 1.51. The Morgan fingerprint density at radius 3 is 2.58 bits per heavy atom. The minimum Gasteiger partial charge on any atom is -0.315 e. The fraction of sp³-hybridized carbons (Fsp3) is 0.333. The zero-order chi connectivity index (χ0) is 23.0. The van der Waals surface area contributed by atoms with Crippen molar-refractivity contribution in [3.8, 4) is 6.07 Å². The summed E-state index contributed by atoms with van der Waals surface area (Å²) in [5.74, 6) is -0.169. The van der Waals surface area contributed by atoms with Gasteiger partial charge >= 0.3 is 0 Å². The predicted octanol–water partition coefficient (Wildman–Crippen LogP) is 3.21. The lowest BCUT2D eigenvalue weighted by Gasteiger charge is -2.33. The first-order valence-corrected chi connectivity index (χ1v) is 13.3. The molecule has 2 heterocycles. The molecule has 1 amide bonds. The van der Waals surface area contributed by atoms with E-state index in [4.69, 9.17) is 0 Å². The van der Waals surface area contributed by atoms with E-state index in [0.29, 0.717) is 41.6 Å². The first kappa shape index (κ1) is 22.0. The maximum absolute atomic E-state index is 13.1. The molecular formula is C24H24N4O3S2. The number of nitriles is 1. The zero-order valence-corrected chi connectivity index (χ0v) is 19.7. The first-order chi connectivity index (χ1) is 16.0. The van der Waals surface area contributed by atoms with Gasteiger partial charge in [0.25, 0.3) is 0 Å². The summed E-state index contributed by atoms with van der Waals surface area (Å²) in [4.78, 5) is 16.1. The summed E-state index contributed by atoms with van der Waals surface area (Å²) in [5.41, 5.74) is 1.69. The molecule has 1 saturated heterocycles. The van der Waals surface area contributed by atoms with Crippen LogP contribution in [-0.4, -0.2) is 56.3 Å². The van der Waals surface area contributed by atoms with Crippen LogP contribution in [0.2, 0.25) is 0 Å². The Morgan fingerprint density at radius 2 is 1.82 bits per heavy atom. The van der Waals surface area contributed by atoms with Gasteiger partial charge < -0.3 is 5.32 Å². The number of piperazine rings is 1. The minimum atomic E-state index is -3.59. The Kier molecular flexibility index (Phi) is 5.93. The number of sulfonamides is 1. The van der Waals surface area contributed by atoms with Gasteiger partial charge in [0.05, 0.1) is 17.0 Å². The summed E-state index contributed by atoms with van der Waals surface area (Å²) in [7, 11) is -3.59. The smallest absolute Gasteiger partial charge is 0.243 e.